The van der Waals surface area contributed by atoms with Crippen LogP contribution in [0.2, 0.25) is 0 Å². The summed E-state index contributed by atoms with van der Waals surface area (Å²) >= 11 is 0. The molecule has 0 fully saturated rings. The second kappa shape index (κ2) is 9.08. The summed E-state index contributed by atoms with van der Waals surface area (Å²) in [5.41, 5.74) is 5.48. The van der Waals surface area contributed by atoms with Gasteiger partial charge in [0.25, 0.3) is 0 Å². The van der Waals surface area contributed by atoms with Crippen LogP contribution >= 0.6 is 0 Å². The number of para-hydroxylation sites is 1. The first kappa shape index (κ1) is 20.8. The van der Waals surface area contributed by atoms with Gasteiger partial charge in [0.1, 0.15) is 0 Å². The van der Waals surface area contributed by atoms with Gasteiger partial charge in [0.2, 0.25) is 5.91 Å². The number of amides is 1. The number of rotatable bonds is 7. The molecule has 1 N–H and O–H groups in total. The van der Waals surface area contributed by atoms with E-state index in [9.17, 15) is 4.79 Å². The summed E-state index contributed by atoms with van der Waals surface area (Å²) in [5, 5.41) is 3.15. The Morgan fingerprint density at radius 1 is 1.00 bits per heavy atom. The summed E-state index contributed by atoms with van der Waals surface area (Å²) in [5.74, 6) is 1.97. The Morgan fingerprint density at radius 3 is 2.21 bits per heavy atom. The highest BCUT2D eigenvalue weighted by Gasteiger charge is 2.16. The van der Waals surface area contributed by atoms with E-state index in [1.807, 2.05) is 24.3 Å². The van der Waals surface area contributed by atoms with Gasteiger partial charge in [-0.15, -0.1) is 0 Å². The van der Waals surface area contributed by atoms with Crippen molar-refractivity contribution in [3.63, 3.8) is 0 Å². The van der Waals surface area contributed by atoms with Crippen LogP contribution in [0.3, 0.4) is 0 Å². The molecule has 2 aromatic carbocycles. The van der Waals surface area contributed by atoms with Crippen LogP contribution in [0.1, 0.15) is 68.5 Å². The average molecular weight is 391 g/mol. The van der Waals surface area contributed by atoms with E-state index in [0.717, 1.165) is 17.0 Å². The molecule has 0 spiro atoms. The van der Waals surface area contributed by atoms with Crippen molar-refractivity contribution in [2.75, 3.05) is 5.32 Å². The number of oxazole rings is 1. The second-order valence-corrected chi connectivity index (χ2v) is 8.15. The van der Waals surface area contributed by atoms with Crippen LogP contribution in [-0.4, -0.2) is 10.9 Å². The lowest BCUT2D eigenvalue weighted by Crippen LogP contribution is -2.16. The Kier molecular flexibility index (Phi) is 6.53. The maximum atomic E-state index is 12.7. The third-order valence-corrected chi connectivity index (χ3v) is 5.09. The van der Waals surface area contributed by atoms with E-state index in [4.69, 9.17) is 4.42 Å². The molecule has 29 heavy (non-hydrogen) atoms. The quantitative estimate of drug-likeness (QED) is 0.503. The fourth-order valence-electron chi connectivity index (χ4n) is 3.39. The van der Waals surface area contributed by atoms with Crippen molar-refractivity contribution in [3.05, 3.63) is 71.2 Å². The number of nitrogens with one attached hydrogen (secondary N) is 1. The molecule has 0 saturated heterocycles. The molecule has 0 bridgehead atoms. The van der Waals surface area contributed by atoms with Crippen molar-refractivity contribution < 1.29 is 9.21 Å². The first-order chi connectivity index (χ1) is 13.8. The number of benzene rings is 2. The van der Waals surface area contributed by atoms with E-state index in [-0.39, 0.29) is 5.91 Å². The number of nitrogens with zero attached hydrogens (tertiary/aromatic N) is 1. The van der Waals surface area contributed by atoms with Crippen molar-refractivity contribution >= 4 is 11.6 Å². The number of carbonyl (C=O) groups excluding carboxylic acids is 1. The van der Waals surface area contributed by atoms with Gasteiger partial charge in [0.15, 0.2) is 11.7 Å². The summed E-state index contributed by atoms with van der Waals surface area (Å²) in [7, 11) is 0. The van der Waals surface area contributed by atoms with Crippen LogP contribution in [0.5, 0.6) is 0 Å². The molecule has 3 aromatic rings. The molecule has 0 saturated carbocycles. The highest BCUT2D eigenvalue weighted by Crippen LogP contribution is 2.32. The lowest BCUT2D eigenvalue weighted by atomic mass is 9.92. The van der Waals surface area contributed by atoms with E-state index >= 15 is 0 Å². The molecule has 1 heterocycles. The molecule has 0 radical (unpaired) electrons. The van der Waals surface area contributed by atoms with E-state index in [1.165, 1.54) is 16.7 Å². The van der Waals surface area contributed by atoms with Gasteiger partial charge < -0.3 is 9.73 Å². The number of carbonyl (C=O) groups is 1. The number of aromatic nitrogens is 1. The monoisotopic (exact) mass is 390 g/mol. The molecule has 4 nitrogen and oxygen atoms in total. The van der Waals surface area contributed by atoms with Gasteiger partial charge in [-0.3, -0.25) is 4.79 Å². The lowest BCUT2D eigenvalue weighted by molar-refractivity contribution is -0.116. The van der Waals surface area contributed by atoms with Crippen molar-refractivity contribution in [1.82, 2.24) is 4.98 Å². The van der Waals surface area contributed by atoms with Gasteiger partial charge in [-0.1, -0.05) is 75.7 Å². The van der Waals surface area contributed by atoms with Gasteiger partial charge in [0.05, 0.1) is 6.20 Å². The van der Waals surface area contributed by atoms with Gasteiger partial charge in [-0.2, -0.15) is 0 Å². The maximum absolute atomic E-state index is 12.7. The van der Waals surface area contributed by atoms with E-state index in [0.29, 0.717) is 30.6 Å². The minimum Gasteiger partial charge on any atom is -0.441 e. The zero-order chi connectivity index (χ0) is 21.0. The fourth-order valence-corrected chi connectivity index (χ4v) is 3.39. The molecule has 0 aliphatic heterocycles. The van der Waals surface area contributed by atoms with Crippen molar-refractivity contribution in [3.8, 4) is 11.3 Å². The summed E-state index contributed by atoms with van der Waals surface area (Å²) < 4.78 is 5.84. The van der Waals surface area contributed by atoms with Crippen molar-refractivity contribution in [1.29, 1.82) is 0 Å². The molecule has 3 rings (SSSR count). The minimum atomic E-state index is -0.0184. The molecule has 1 amide bonds. The lowest BCUT2D eigenvalue weighted by Gasteiger charge is -2.20. The predicted octanol–water partition coefficient (Wildman–Crippen LogP) is 6.47. The van der Waals surface area contributed by atoms with E-state index in [2.05, 4.69) is 63.1 Å². The van der Waals surface area contributed by atoms with Crippen LogP contribution in [0, 0.1) is 6.92 Å². The normalized spacial score (nSPS) is 11.3. The van der Waals surface area contributed by atoms with Gasteiger partial charge in [-0.05, 0) is 29.9 Å². The Hall–Kier alpha value is -2.88. The molecule has 1 aromatic heterocycles. The summed E-state index contributed by atoms with van der Waals surface area (Å²) in [4.78, 5) is 17.0. The zero-order valence-corrected chi connectivity index (χ0v) is 18.0. The first-order valence-electron chi connectivity index (χ1n) is 10.3. The van der Waals surface area contributed by atoms with Crippen LogP contribution in [-0.2, 0) is 11.2 Å². The first-order valence-corrected chi connectivity index (χ1v) is 10.3. The highest BCUT2D eigenvalue weighted by molar-refractivity contribution is 5.92. The van der Waals surface area contributed by atoms with Crippen LogP contribution < -0.4 is 5.32 Å². The van der Waals surface area contributed by atoms with E-state index < -0.39 is 0 Å². The molecule has 0 aliphatic carbocycles. The molecule has 0 atom stereocenters. The largest absolute Gasteiger partial charge is 0.441 e. The van der Waals surface area contributed by atoms with Crippen LogP contribution in [0.25, 0.3) is 11.3 Å². The van der Waals surface area contributed by atoms with Gasteiger partial charge in [-0.25, -0.2) is 4.98 Å². The Morgan fingerprint density at radius 2 is 1.62 bits per heavy atom. The van der Waals surface area contributed by atoms with Crippen LogP contribution in [0.4, 0.5) is 5.69 Å². The van der Waals surface area contributed by atoms with Crippen molar-refractivity contribution in [2.24, 2.45) is 0 Å². The number of aryl methyl sites for hydroxylation is 2. The van der Waals surface area contributed by atoms with Gasteiger partial charge >= 0.3 is 0 Å². The highest BCUT2D eigenvalue weighted by atomic mass is 16.4. The van der Waals surface area contributed by atoms with Crippen LogP contribution in [0.15, 0.2) is 53.1 Å². The Labute approximate surface area is 173 Å². The second-order valence-electron chi connectivity index (χ2n) is 8.15. The zero-order valence-electron chi connectivity index (χ0n) is 18.0. The average Bonchev–Trinajstić information content (AvgIpc) is 3.15. The Bertz CT molecular complexity index is 942. The molecule has 4 heteroatoms. The maximum Gasteiger partial charge on any atom is 0.224 e. The number of anilines is 1. The minimum absolute atomic E-state index is 0.0184. The third-order valence-electron chi connectivity index (χ3n) is 5.09. The number of hydrogen-bond donors (Lipinski definition) is 1. The molecular weight excluding hydrogens is 360 g/mol. The Balaban J connectivity index is 1.67. The molecule has 0 aliphatic rings. The van der Waals surface area contributed by atoms with Gasteiger partial charge in [0, 0.05) is 24.1 Å². The summed E-state index contributed by atoms with van der Waals surface area (Å²) in [6.45, 7) is 10.6. The molecule has 0 unspecified atom stereocenters. The topological polar surface area (TPSA) is 55.1 Å². The number of hydrogen-bond acceptors (Lipinski definition) is 3. The standard InChI is InChI=1S/C25H30N2O2/c1-16(2)20-7-6-8-21(17(3)4)25(20)27-23(28)13-14-24-26-15-22(29-24)19-11-9-18(5)10-12-19/h6-12,15-17H,13-14H2,1-5H3,(H,27,28). The SMILES string of the molecule is Cc1ccc(-c2cnc(CCC(=O)Nc3c(C(C)C)cccc3C(C)C)o2)cc1. The van der Waals surface area contributed by atoms with E-state index in [1.54, 1.807) is 6.20 Å². The van der Waals surface area contributed by atoms with Crippen molar-refractivity contribution in [2.45, 2.75) is 59.3 Å². The molecule has 152 valence electrons. The summed E-state index contributed by atoms with van der Waals surface area (Å²) in [6.07, 6.45) is 2.53. The summed E-state index contributed by atoms with van der Waals surface area (Å²) in [6, 6.07) is 14.4. The molecular formula is C25H30N2O2. The third kappa shape index (κ3) is 5.14. The predicted molar refractivity (Wildman–Crippen MR) is 118 cm³/mol. The fraction of sp³-hybridized carbons (Fsp3) is 0.360. The smallest absolute Gasteiger partial charge is 0.224 e.